The molecular weight excluding hydrogens is 408 g/mol. The molecule has 0 saturated heterocycles. The molecule has 0 bridgehead atoms. The van der Waals surface area contributed by atoms with E-state index in [2.05, 4.69) is 15.6 Å². The predicted molar refractivity (Wildman–Crippen MR) is 121 cm³/mol. The molecule has 2 amide bonds. The number of hydrogen-bond acceptors (Lipinski definition) is 6. The number of anilines is 1. The van der Waals surface area contributed by atoms with Crippen molar-refractivity contribution in [2.45, 2.75) is 18.9 Å². The number of nitrogens with zero attached hydrogens (tertiary/aromatic N) is 1. The molecule has 0 spiro atoms. The van der Waals surface area contributed by atoms with Gasteiger partial charge in [-0.15, -0.1) is 0 Å². The van der Waals surface area contributed by atoms with E-state index in [9.17, 15) is 9.59 Å². The summed E-state index contributed by atoms with van der Waals surface area (Å²) in [5.74, 6) is 0.467. The zero-order chi connectivity index (χ0) is 22.6. The van der Waals surface area contributed by atoms with Crippen LogP contribution in [0.4, 0.5) is 5.82 Å². The molecule has 0 unspecified atom stereocenters. The Labute approximate surface area is 186 Å². The number of pyridine rings is 1. The third kappa shape index (κ3) is 7.10. The van der Waals surface area contributed by atoms with Gasteiger partial charge in [0.05, 0.1) is 6.61 Å². The van der Waals surface area contributed by atoms with Crippen LogP contribution in [0.15, 0.2) is 79.0 Å². The molecule has 4 N–H and O–H groups in total. The minimum absolute atomic E-state index is 0.221. The minimum atomic E-state index is -0.919. The van der Waals surface area contributed by atoms with Crippen LogP contribution in [-0.4, -0.2) is 41.2 Å². The van der Waals surface area contributed by atoms with Crippen molar-refractivity contribution in [1.29, 1.82) is 0 Å². The summed E-state index contributed by atoms with van der Waals surface area (Å²) in [5.41, 5.74) is 2.87. The third-order valence-corrected chi connectivity index (χ3v) is 4.69. The van der Waals surface area contributed by atoms with Gasteiger partial charge in [-0.1, -0.05) is 36.4 Å². The quantitative estimate of drug-likeness (QED) is 0.210. The molecular formula is C24H26N4O4. The molecule has 2 aromatic carbocycles. The van der Waals surface area contributed by atoms with Crippen LogP contribution in [0.2, 0.25) is 0 Å². The van der Waals surface area contributed by atoms with Crippen molar-refractivity contribution in [1.82, 2.24) is 15.8 Å². The van der Waals surface area contributed by atoms with E-state index in [4.69, 9.17) is 9.94 Å². The van der Waals surface area contributed by atoms with Gasteiger partial charge < -0.3 is 15.4 Å². The summed E-state index contributed by atoms with van der Waals surface area (Å²) in [6.07, 6.45) is 2.77. The molecule has 0 radical (unpaired) electrons. The van der Waals surface area contributed by atoms with Gasteiger partial charge in [0.1, 0.15) is 17.6 Å². The fourth-order valence-electron chi connectivity index (χ4n) is 3.02. The van der Waals surface area contributed by atoms with E-state index in [1.54, 1.807) is 42.0 Å². The van der Waals surface area contributed by atoms with Crippen molar-refractivity contribution >= 4 is 17.6 Å². The summed E-state index contributed by atoms with van der Waals surface area (Å²) in [7, 11) is 0. The first-order chi connectivity index (χ1) is 15.7. The van der Waals surface area contributed by atoms with Crippen molar-refractivity contribution in [3.05, 3.63) is 90.1 Å². The number of carbonyl (C=O) groups is 2. The number of aromatic nitrogens is 1. The van der Waals surface area contributed by atoms with E-state index in [-0.39, 0.29) is 6.42 Å². The van der Waals surface area contributed by atoms with E-state index >= 15 is 0 Å². The molecule has 8 heteroatoms. The van der Waals surface area contributed by atoms with Crippen LogP contribution < -0.4 is 20.9 Å². The van der Waals surface area contributed by atoms with E-state index < -0.39 is 17.9 Å². The van der Waals surface area contributed by atoms with Gasteiger partial charge in [-0.25, -0.2) is 10.5 Å². The molecule has 0 aliphatic carbocycles. The largest absolute Gasteiger partial charge is 0.494 e. The molecule has 0 saturated carbocycles. The molecule has 0 aliphatic rings. The van der Waals surface area contributed by atoms with Gasteiger partial charge in [0.25, 0.3) is 11.8 Å². The standard InChI is InChI=1S/C24H26N4O4/c29-23(19-7-2-1-3-8-19)27-21(24(30)28-31)17-18-10-12-20(13-11-18)32-16-6-15-26-22-9-4-5-14-25-22/h1-5,7-14,21,31H,6,15-17H2,(H,25,26)(H,27,29)(H,28,30)/t21-/m0/s1. The van der Waals surface area contributed by atoms with Crippen LogP contribution in [0.25, 0.3) is 0 Å². The first-order valence-corrected chi connectivity index (χ1v) is 10.3. The van der Waals surface area contributed by atoms with Crippen LogP contribution >= 0.6 is 0 Å². The van der Waals surface area contributed by atoms with Gasteiger partial charge >= 0.3 is 0 Å². The van der Waals surface area contributed by atoms with Crippen molar-refractivity contribution < 1.29 is 19.5 Å². The number of hydrogen-bond donors (Lipinski definition) is 4. The Morgan fingerprint density at radius 1 is 0.969 bits per heavy atom. The second-order valence-electron chi connectivity index (χ2n) is 7.06. The maximum atomic E-state index is 12.4. The van der Waals surface area contributed by atoms with E-state index in [1.165, 1.54) is 0 Å². The average Bonchev–Trinajstić information content (AvgIpc) is 2.85. The summed E-state index contributed by atoms with van der Waals surface area (Å²) in [4.78, 5) is 28.6. The lowest BCUT2D eigenvalue weighted by Crippen LogP contribution is -2.47. The molecule has 0 aliphatic heterocycles. The number of rotatable bonds is 11. The summed E-state index contributed by atoms with van der Waals surface area (Å²) < 4.78 is 5.75. The molecule has 32 heavy (non-hydrogen) atoms. The average molecular weight is 434 g/mol. The highest BCUT2D eigenvalue weighted by atomic mass is 16.5. The first kappa shape index (κ1) is 22.8. The Hall–Kier alpha value is -3.91. The predicted octanol–water partition coefficient (Wildman–Crippen LogP) is 2.81. The van der Waals surface area contributed by atoms with Crippen molar-refractivity contribution in [2.24, 2.45) is 0 Å². The Kier molecular flexibility index (Phi) is 8.59. The minimum Gasteiger partial charge on any atom is -0.494 e. The van der Waals surface area contributed by atoms with Crippen LogP contribution in [0, 0.1) is 0 Å². The van der Waals surface area contributed by atoms with Crippen LogP contribution in [0.3, 0.4) is 0 Å². The van der Waals surface area contributed by atoms with Gasteiger partial charge in [0.2, 0.25) is 0 Å². The summed E-state index contributed by atoms with van der Waals surface area (Å²) in [6, 6.07) is 20.7. The van der Waals surface area contributed by atoms with Crippen LogP contribution in [-0.2, 0) is 11.2 Å². The summed E-state index contributed by atoms with van der Waals surface area (Å²) in [6.45, 7) is 1.29. The maximum absolute atomic E-state index is 12.4. The maximum Gasteiger partial charge on any atom is 0.266 e. The Balaban J connectivity index is 1.47. The first-order valence-electron chi connectivity index (χ1n) is 10.3. The molecule has 1 heterocycles. The molecule has 1 aromatic heterocycles. The molecule has 3 rings (SSSR count). The SMILES string of the molecule is O=C(N[C@@H](Cc1ccc(OCCCNc2ccccn2)cc1)C(=O)NO)c1ccccc1. The van der Waals surface area contributed by atoms with Gasteiger partial charge in [-0.2, -0.15) is 0 Å². The lowest BCUT2D eigenvalue weighted by atomic mass is 10.0. The van der Waals surface area contributed by atoms with Gasteiger partial charge in [0.15, 0.2) is 0 Å². The lowest BCUT2D eigenvalue weighted by molar-refractivity contribution is -0.131. The molecule has 1 atom stereocenters. The topological polar surface area (TPSA) is 113 Å². The number of hydroxylamine groups is 1. The zero-order valence-corrected chi connectivity index (χ0v) is 17.5. The van der Waals surface area contributed by atoms with Crippen molar-refractivity contribution in [2.75, 3.05) is 18.5 Å². The number of benzene rings is 2. The van der Waals surface area contributed by atoms with Crippen LogP contribution in [0.5, 0.6) is 5.75 Å². The summed E-state index contributed by atoms with van der Waals surface area (Å²) in [5, 5.41) is 14.9. The summed E-state index contributed by atoms with van der Waals surface area (Å²) >= 11 is 0. The van der Waals surface area contributed by atoms with Crippen molar-refractivity contribution in [3.8, 4) is 5.75 Å². The normalized spacial score (nSPS) is 11.3. The number of carbonyl (C=O) groups excluding carboxylic acids is 2. The lowest BCUT2D eigenvalue weighted by Gasteiger charge is -2.17. The second kappa shape index (κ2) is 12.1. The molecule has 8 nitrogen and oxygen atoms in total. The highest BCUT2D eigenvalue weighted by Crippen LogP contribution is 2.14. The fourth-order valence-corrected chi connectivity index (χ4v) is 3.02. The van der Waals surface area contributed by atoms with Crippen LogP contribution in [0.1, 0.15) is 22.3 Å². The van der Waals surface area contributed by atoms with Gasteiger partial charge in [-0.05, 0) is 48.4 Å². The highest BCUT2D eigenvalue weighted by molar-refractivity contribution is 5.97. The fraction of sp³-hybridized carbons (Fsp3) is 0.208. The van der Waals surface area contributed by atoms with Gasteiger partial charge in [0, 0.05) is 24.7 Å². The smallest absolute Gasteiger partial charge is 0.266 e. The number of nitrogens with one attached hydrogen (secondary N) is 3. The number of amides is 2. The monoisotopic (exact) mass is 434 g/mol. The molecule has 166 valence electrons. The van der Waals surface area contributed by atoms with Gasteiger partial charge in [-0.3, -0.25) is 14.8 Å². The number of ether oxygens (including phenoxy) is 1. The highest BCUT2D eigenvalue weighted by Gasteiger charge is 2.21. The van der Waals surface area contributed by atoms with E-state index in [0.29, 0.717) is 17.9 Å². The van der Waals surface area contributed by atoms with E-state index in [0.717, 1.165) is 24.3 Å². The zero-order valence-electron chi connectivity index (χ0n) is 17.5. The second-order valence-corrected chi connectivity index (χ2v) is 7.06. The third-order valence-electron chi connectivity index (χ3n) is 4.69. The Morgan fingerprint density at radius 2 is 1.72 bits per heavy atom. The Bertz CT molecular complexity index is 982. The van der Waals surface area contributed by atoms with Crippen molar-refractivity contribution in [3.63, 3.8) is 0 Å². The Morgan fingerprint density at radius 3 is 2.41 bits per heavy atom. The van der Waals surface area contributed by atoms with E-state index in [1.807, 2.05) is 42.5 Å². The molecule has 0 fully saturated rings. The molecule has 3 aromatic rings.